The van der Waals surface area contributed by atoms with E-state index in [0.717, 1.165) is 38.5 Å². The third-order valence-electron chi connectivity index (χ3n) is 17.5. The molecule has 1 saturated heterocycles. The summed E-state index contributed by atoms with van der Waals surface area (Å²) in [5, 5.41) is 45.2. The lowest BCUT2D eigenvalue weighted by Gasteiger charge is -2.41. The molecule has 1 fully saturated rings. The van der Waals surface area contributed by atoms with Gasteiger partial charge in [0.25, 0.3) is 0 Å². The standard InChI is InChI=1S/C71H137NO11S/c1-3-5-7-9-11-13-15-17-19-21-23-25-26-27-28-29-30-31-32-33-34-35-36-37-38-39-40-41-43-45-47-49-51-53-55-57-59-61-67(75)72-64(63-81-71-69(77)70(83-84(78,79)80)68(76)66(62-73)82-71)65(74)60-58-56-54-52-50-48-46-44-42-24-22-20-18-16-14-12-10-8-6-4-2/h31-32,58,60,64-66,68-71,73-74,76-77H,3-30,33-57,59,61-63H2,1-2H3,(H,72,75)(H,78,79,80)/b32-31-,60-58+. The van der Waals surface area contributed by atoms with Crippen LogP contribution in [0.2, 0.25) is 0 Å². The summed E-state index contributed by atoms with van der Waals surface area (Å²) in [6.45, 7) is 3.46. The fourth-order valence-corrected chi connectivity index (χ4v) is 12.4. The lowest BCUT2D eigenvalue weighted by atomic mass is 9.99. The fraction of sp³-hybridized carbons (Fsp3) is 0.930. The third-order valence-corrected chi connectivity index (χ3v) is 17.9. The van der Waals surface area contributed by atoms with Crippen molar-refractivity contribution in [2.45, 2.75) is 410 Å². The molecule has 0 aromatic rings. The van der Waals surface area contributed by atoms with E-state index >= 15 is 0 Å². The van der Waals surface area contributed by atoms with Crippen LogP contribution in [0, 0.1) is 0 Å². The molecule has 1 aliphatic heterocycles. The van der Waals surface area contributed by atoms with Gasteiger partial charge in [-0.05, 0) is 44.9 Å². The first-order chi connectivity index (χ1) is 41.0. The second kappa shape index (κ2) is 60.5. The number of nitrogens with one attached hydrogen (secondary N) is 1. The van der Waals surface area contributed by atoms with Crippen LogP contribution in [-0.2, 0) is 28.9 Å². The Morgan fingerprint density at radius 2 is 0.762 bits per heavy atom. The molecule has 0 aliphatic carbocycles. The molecule has 1 aliphatic rings. The van der Waals surface area contributed by atoms with E-state index in [2.05, 4.69) is 35.5 Å². The molecule has 0 bridgehead atoms. The highest BCUT2D eigenvalue weighted by atomic mass is 32.3. The van der Waals surface area contributed by atoms with Gasteiger partial charge in [-0.15, -0.1) is 0 Å². The third kappa shape index (κ3) is 51.5. The Labute approximate surface area is 518 Å². The minimum absolute atomic E-state index is 0.255. The molecular formula is C71H137NO11S. The van der Waals surface area contributed by atoms with E-state index in [1.165, 1.54) is 302 Å². The maximum absolute atomic E-state index is 13.2. The maximum atomic E-state index is 13.2. The lowest BCUT2D eigenvalue weighted by Crippen LogP contribution is -2.61. The highest BCUT2D eigenvalue weighted by Gasteiger charge is 2.48. The van der Waals surface area contributed by atoms with Crippen molar-refractivity contribution in [3.05, 3.63) is 24.3 Å². The van der Waals surface area contributed by atoms with Gasteiger partial charge in [0.1, 0.15) is 24.4 Å². The summed E-state index contributed by atoms with van der Waals surface area (Å²) < 4.78 is 48.0. The second-order valence-corrected chi connectivity index (χ2v) is 26.6. The zero-order valence-corrected chi connectivity index (χ0v) is 55.6. The van der Waals surface area contributed by atoms with E-state index in [9.17, 15) is 38.2 Å². The van der Waals surface area contributed by atoms with Crippen molar-refractivity contribution in [1.29, 1.82) is 0 Å². The molecule has 12 nitrogen and oxygen atoms in total. The summed E-state index contributed by atoms with van der Waals surface area (Å²) in [4.78, 5) is 13.2. The molecule has 0 aromatic carbocycles. The average molecular weight is 1210 g/mol. The van der Waals surface area contributed by atoms with Crippen molar-refractivity contribution < 1.29 is 51.8 Å². The number of rotatable bonds is 65. The van der Waals surface area contributed by atoms with Crippen molar-refractivity contribution in [1.82, 2.24) is 5.32 Å². The number of ether oxygens (including phenoxy) is 2. The van der Waals surface area contributed by atoms with Crippen molar-refractivity contribution in [2.75, 3.05) is 13.2 Å². The first-order valence-corrected chi connectivity index (χ1v) is 37.6. The van der Waals surface area contributed by atoms with Crippen LogP contribution < -0.4 is 5.32 Å². The molecule has 0 saturated carbocycles. The van der Waals surface area contributed by atoms with E-state index in [0.29, 0.717) is 6.42 Å². The fourth-order valence-electron chi connectivity index (χ4n) is 11.9. The molecule has 13 heteroatoms. The first kappa shape index (κ1) is 80.6. The molecule has 0 radical (unpaired) electrons. The predicted molar refractivity (Wildman–Crippen MR) is 352 cm³/mol. The van der Waals surface area contributed by atoms with E-state index < -0.39 is 59.9 Å². The van der Waals surface area contributed by atoms with Crippen molar-refractivity contribution in [3.8, 4) is 0 Å². The number of amides is 1. The van der Waals surface area contributed by atoms with Gasteiger partial charge in [0.15, 0.2) is 6.29 Å². The molecule has 84 heavy (non-hydrogen) atoms. The van der Waals surface area contributed by atoms with Crippen molar-refractivity contribution in [3.63, 3.8) is 0 Å². The van der Waals surface area contributed by atoms with Crippen LogP contribution in [0.4, 0.5) is 0 Å². The van der Waals surface area contributed by atoms with Gasteiger partial charge >= 0.3 is 10.4 Å². The number of carbonyl (C=O) groups excluding carboxylic acids is 1. The molecule has 1 rings (SSSR count). The molecule has 498 valence electrons. The van der Waals surface area contributed by atoms with Gasteiger partial charge in [0.2, 0.25) is 5.91 Å². The van der Waals surface area contributed by atoms with Crippen LogP contribution in [0.1, 0.15) is 367 Å². The Morgan fingerprint density at radius 1 is 0.464 bits per heavy atom. The Hall–Kier alpha value is -1.42. The summed E-state index contributed by atoms with van der Waals surface area (Å²) in [5.74, 6) is -0.255. The predicted octanol–water partition coefficient (Wildman–Crippen LogP) is 19.1. The molecule has 1 amide bonds. The number of aliphatic hydroxyl groups is 4. The van der Waals surface area contributed by atoms with Gasteiger partial charge < -0.3 is 35.2 Å². The highest BCUT2D eigenvalue weighted by molar-refractivity contribution is 7.80. The van der Waals surface area contributed by atoms with Crippen molar-refractivity contribution >= 4 is 16.3 Å². The van der Waals surface area contributed by atoms with Gasteiger partial charge in [-0.3, -0.25) is 9.35 Å². The Balaban J connectivity index is 2.18. The number of allylic oxidation sites excluding steroid dienone is 3. The number of aliphatic hydroxyl groups excluding tert-OH is 4. The minimum Gasteiger partial charge on any atom is -0.394 e. The molecule has 7 unspecified atom stereocenters. The van der Waals surface area contributed by atoms with E-state index in [1.807, 2.05) is 6.08 Å². The van der Waals surface area contributed by atoms with Crippen LogP contribution >= 0.6 is 0 Å². The largest absolute Gasteiger partial charge is 0.397 e. The van der Waals surface area contributed by atoms with Gasteiger partial charge in [-0.1, -0.05) is 340 Å². The van der Waals surface area contributed by atoms with Crippen molar-refractivity contribution in [2.24, 2.45) is 0 Å². The van der Waals surface area contributed by atoms with Gasteiger partial charge in [0.05, 0.1) is 25.4 Å². The number of hydrogen-bond donors (Lipinski definition) is 6. The monoisotopic (exact) mass is 1210 g/mol. The Kier molecular flexibility index (Phi) is 58.0. The summed E-state index contributed by atoms with van der Waals surface area (Å²) in [7, 11) is -5.09. The SMILES string of the molecule is CCCCCCCCCCCCCCCCCC/C=C\CCCCCCCCCCCCCCCCCCCC(=O)NC(COC1OC(CO)C(O)C(OS(=O)(=O)O)C1O)C(O)/C=C/CCCCCCCCCCCCCCCCCCCC. The van der Waals surface area contributed by atoms with E-state index in [4.69, 9.17) is 9.47 Å². The zero-order valence-electron chi connectivity index (χ0n) is 54.7. The molecule has 7 atom stereocenters. The molecule has 0 aromatic heterocycles. The number of carbonyl (C=O) groups is 1. The Morgan fingerprint density at radius 3 is 1.07 bits per heavy atom. The van der Waals surface area contributed by atoms with Gasteiger partial charge in [-0.25, -0.2) is 4.18 Å². The summed E-state index contributed by atoms with van der Waals surface area (Å²) in [6, 6.07) is -0.943. The highest BCUT2D eigenvalue weighted by Crippen LogP contribution is 2.26. The van der Waals surface area contributed by atoms with Crippen LogP contribution in [0.25, 0.3) is 0 Å². The number of unbranched alkanes of at least 4 members (excludes halogenated alkanes) is 51. The van der Waals surface area contributed by atoms with Crippen LogP contribution in [0.3, 0.4) is 0 Å². The minimum atomic E-state index is -5.09. The van der Waals surface area contributed by atoms with Gasteiger partial charge in [-0.2, -0.15) is 8.42 Å². The van der Waals surface area contributed by atoms with Gasteiger partial charge in [0, 0.05) is 6.42 Å². The first-order valence-electron chi connectivity index (χ1n) is 36.2. The lowest BCUT2D eigenvalue weighted by molar-refractivity contribution is -0.298. The maximum Gasteiger partial charge on any atom is 0.397 e. The quantitative estimate of drug-likeness (QED) is 0.0193. The van der Waals surface area contributed by atoms with Crippen LogP contribution in [0.5, 0.6) is 0 Å². The molecular weight excluding hydrogens is 1070 g/mol. The summed E-state index contributed by atoms with van der Waals surface area (Å²) in [5.41, 5.74) is 0. The Bertz CT molecular complexity index is 1570. The topological polar surface area (TPSA) is 192 Å². The molecule has 6 N–H and O–H groups in total. The van der Waals surface area contributed by atoms with E-state index in [1.54, 1.807) is 6.08 Å². The summed E-state index contributed by atoms with van der Waals surface area (Å²) in [6.07, 6.45) is 69.9. The zero-order chi connectivity index (χ0) is 61.1. The van der Waals surface area contributed by atoms with E-state index in [-0.39, 0.29) is 18.9 Å². The number of hydrogen-bond acceptors (Lipinski definition) is 10. The average Bonchev–Trinajstić information content (AvgIpc) is 3.68. The molecule has 0 spiro atoms. The second-order valence-electron chi connectivity index (χ2n) is 25.5. The van der Waals surface area contributed by atoms with Crippen LogP contribution in [-0.4, -0.2) is 95.4 Å². The molecule has 1 heterocycles. The normalized spacial score (nSPS) is 18.4. The smallest absolute Gasteiger partial charge is 0.394 e. The van der Waals surface area contributed by atoms with Crippen LogP contribution in [0.15, 0.2) is 24.3 Å². The summed E-state index contributed by atoms with van der Waals surface area (Å²) >= 11 is 0.